The Kier molecular flexibility index (Phi) is 10.9. The van der Waals surface area contributed by atoms with Crippen LogP contribution in [0.25, 0.3) is 22.9 Å². The van der Waals surface area contributed by atoms with E-state index < -0.39 is 47.9 Å². The number of benzene rings is 4. The summed E-state index contributed by atoms with van der Waals surface area (Å²) in [6, 6.07) is 28.4. The molecule has 250 valence electrons. The minimum absolute atomic E-state index is 0.239. The topological polar surface area (TPSA) is 196 Å². The van der Waals surface area contributed by atoms with Gasteiger partial charge in [-0.15, -0.1) is 10.2 Å². The van der Waals surface area contributed by atoms with Crippen molar-refractivity contribution in [2.24, 2.45) is 0 Å². The smallest absolute Gasteiger partial charge is 0.254 e. The van der Waals surface area contributed by atoms with E-state index in [1.165, 1.54) is 13.8 Å². The first-order valence-corrected chi connectivity index (χ1v) is 15.3. The molecule has 0 spiro atoms. The molecule has 13 heteroatoms. The number of aliphatic hydroxyl groups is 2. The molecule has 4 aromatic carbocycles. The molecule has 5 aromatic rings. The van der Waals surface area contributed by atoms with Gasteiger partial charge >= 0.3 is 0 Å². The summed E-state index contributed by atoms with van der Waals surface area (Å²) in [5.74, 6) is -1.84. The van der Waals surface area contributed by atoms with Crippen molar-refractivity contribution < 1.29 is 33.8 Å². The second-order valence-corrected chi connectivity index (χ2v) is 11.1. The highest BCUT2D eigenvalue weighted by atomic mass is 16.4. The molecule has 1 heterocycles. The quantitative estimate of drug-likeness (QED) is 0.115. The summed E-state index contributed by atoms with van der Waals surface area (Å²) in [6.07, 6.45) is -2.80. The molecule has 0 aliphatic rings. The van der Waals surface area contributed by atoms with Crippen LogP contribution in [0.3, 0.4) is 0 Å². The molecule has 0 fully saturated rings. The van der Waals surface area contributed by atoms with E-state index in [1.54, 1.807) is 109 Å². The lowest BCUT2D eigenvalue weighted by atomic mass is 10.1. The van der Waals surface area contributed by atoms with Gasteiger partial charge in [0.2, 0.25) is 23.6 Å². The van der Waals surface area contributed by atoms with Crippen molar-refractivity contribution in [1.29, 1.82) is 0 Å². The largest absolute Gasteiger partial charge is 0.416 e. The number of aromatic nitrogens is 2. The normalized spacial score (nSPS) is 13.3. The number of anilines is 2. The third kappa shape index (κ3) is 8.80. The fourth-order valence-electron chi connectivity index (χ4n) is 4.64. The minimum Gasteiger partial charge on any atom is -0.416 e. The van der Waals surface area contributed by atoms with Crippen molar-refractivity contribution in [3.8, 4) is 22.9 Å². The molecule has 0 aliphatic carbocycles. The minimum atomic E-state index is -1.40. The summed E-state index contributed by atoms with van der Waals surface area (Å²) < 4.78 is 5.84. The van der Waals surface area contributed by atoms with E-state index >= 15 is 0 Å². The maximum Gasteiger partial charge on any atom is 0.254 e. The molecular formula is C36H34N6O7. The van der Waals surface area contributed by atoms with Crippen LogP contribution >= 0.6 is 0 Å². The van der Waals surface area contributed by atoms with Gasteiger partial charge in [0.1, 0.15) is 12.1 Å². The Morgan fingerprint density at radius 1 is 0.531 bits per heavy atom. The number of rotatable bonds is 12. The molecular weight excluding hydrogens is 628 g/mol. The molecule has 0 bridgehead atoms. The molecule has 2 unspecified atom stereocenters. The average molecular weight is 663 g/mol. The van der Waals surface area contributed by atoms with Gasteiger partial charge in [-0.3, -0.25) is 19.2 Å². The van der Waals surface area contributed by atoms with Gasteiger partial charge in [0.05, 0.1) is 0 Å². The average Bonchev–Trinajstić information content (AvgIpc) is 3.62. The van der Waals surface area contributed by atoms with E-state index in [9.17, 15) is 29.4 Å². The van der Waals surface area contributed by atoms with Crippen molar-refractivity contribution in [3.05, 3.63) is 120 Å². The Bertz CT molecular complexity index is 1760. The molecule has 1 aromatic heterocycles. The lowest BCUT2D eigenvalue weighted by Gasteiger charge is -2.17. The predicted octanol–water partition coefficient (Wildman–Crippen LogP) is 3.76. The summed E-state index contributed by atoms with van der Waals surface area (Å²) in [5, 5.41) is 39.2. The fourth-order valence-corrected chi connectivity index (χ4v) is 4.64. The number of amides is 4. The van der Waals surface area contributed by atoms with Crippen molar-refractivity contribution in [1.82, 2.24) is 20.8 Å². The number of aliphatic hydroxyl groups excluding tert-OH is 2. The molecule has 5 rings (SSSR count). The zero-order valence-electron chi connectivity index (χ0n) is 26.5. The van der Waals surface area contributed by atoms with Crippen LogP contribution in [-0.4, -0.2) is 56.1 Å². The van der Waals surface area contributed by atoms with Gasteiger partial charge in [-0.05, 0) is 73.5 Å². The molecule has 0 aliphatic heterocycles. The van der Waals surface area contributed by atoms with Gasteiger partial charge in [0.25, 0.3) is 11.8 Å². The Labute approximate surface area is 281 Å². The molecule has 4 atom stereocenters. The first-order chi connectivity index (χ1) is 23.6. The Morgan fingerprint density at radius 3 is 1.22 bits per heavy atom. The van der Waals surface area contributed by atoms with Gasteiger partial charge in [0.15, 0.2) is 12.2 Å². The third-order valence-electron chi connectivity index (χ3n) is 7.46. The second-order valence-electron chi connectivity index (χ2n) is 11.1. The highest BCUT2D eigenvalue weighted by Crippen LogP contribution is 2.26. The number of carbonyl (C=O) groups is 4. The maximum atomic E-state index is 12.7. The number of hydrogen-bond donors (Lipinski definition) is 6. The standard InChI is InChI=1S/C36H34N6O7/c1-21(37-33(47)29(43)23-9-5-3-6-10-23)31(45)39-27-17-13-25(14-18-27)35-41-42-36(49-35)26-15-19-28(20-16-26)40-32(46)22(2)38-34(48)30(44)24-11-7-4-8-12-24/h3-22,29-30,43-44H,1-2H3,(H,37,47)(H,38,48)(H,39,45)(H,40,46)/t21?,22?,29-,30-/m0/s1. The van der Waals surface area contributed by atoms with E-state index in [0.717, 1.165) is 0 Å². The number of carbonyl (C=O) groups excluding carboxylic acids is 4. The number of nitrogens with zero attached hydrogens (tertiary/aromatic N) is 2. The Balaban J connectivity index is 1.12. The van der Waals surface area contributed by atoms with Crippen molar-refractivity contribution in [3.63, 3.8) is 0 Å². The van der Waals surface area contributed by atoms with Gasteiger partial charge in [-0.1, -0.05) is 60.7 Å². The van der Waals surface area contributed by atoms with E-state index in [1.807, 2.05) is 0 Å². The molecule has 0 saturated carbocycles. The SMILES string of the molecule is CC(NC(=O)[C@@H](O)c1ccccc1)C(=O)Nc1ccc(-c2nnc(-c3ccc(NC(=O)C(C)NC(=O)[C@@H](O)c4ccccc4)cc3)o2)cc1. The predicted molar refractivity (Wildman–Crippen MR) is 180 cm³/mol. The first-order valence-electron chi connectivity index (χ1n) is 15.3. The van der Waals surface area contributed by atoms with Crippen molar-refractivity contribution in [2.45, 2.75) is 38.1 Å². The highest BCUT2D eigenvalue weighted by molar-refractivity contribution is 5.98. The van der Waals surface area contributed by atoms with Crippen LogP contribution in [-0.2, 0) is 19.2 Å². The van der Waals surface area contributed by atoms with Gasteiger partial charge in [-0.2, -0.15) is 0 Å². The van der Waals surface area contributed by atoms with Crippen molar-refractivity contribution in [2.75, 3.05) is 10.6 Å². The second kappa shape index (κ2) is 15.6. The lowest BCUT2D eigenvalue weighted by molar-refractivity contribution is -0.132. The monoisotopic (exact) mass is 662 g/mol. The first kappa shape index (κ1) is 34.2. The van der Waals surface area contributed by atoms with E-state index in [-0.39, 0.29) is 11.8 Å². The molecule has 0 saturated heterocycles. The van der Waals surface area contributed by atoms with Crippen LogP contribution in [0.15, 0.2) is 114 Å². The lowest BCUT2D eigenvalue weighted by Crippen LogP contribution is -2.43. The van der Waals surface area contributed by atoms with Gasteiger partial charge in [-0.25, -0.2) is 0 Å². The Hall–Kier alpha value is -6.18. The van der Waals surface area contributed by atoms with Crippen LogP contribution in [0.1, 0.15) is 37.2 Å². The van der Waals surface area contributed by atoms with Crippen LogP contribution < -0.4 is 21.3 Å². The summed E-state index contributed by atoms with van der Waals surface area (Å²) in [6.45, 7) is 3.03. The van der Waals surface area contributed by atoms with E-state index in [2.05, 4.69) is 31.5 Å². The maximum absolute atomic E-state index is 12.7. The third-order valence-corrected chi connectivity index (χ3v) is 7.46. The fraction of sp³-hybridized carbons (Fsp3) is 0.167. The van der Waals surface area contributed by atoms with E-state index in [0.29, 0.717) is 33.6 Å². The summed E-state index contributed by atoms with van der Waals surface area (Å²) in [5.41, 5.74) is 2.98. The summed E-state index contributed by atoms with van der Waals surface area (Å²) >= 11 is 0. The van der Waals surface area contributed by atoms with Gasteiger partial charge < -0.3 is 35.9 Å². The highest BCUT2D eigenvalue weighted by Gasteiger charge is 2.24. The molecule has 6 N–H and O–H groups in total. The van der Waals surface area contributed by atoms with Gasteiger partial charge in [0, 0.05) is 22.5 Å². The molecule has 0 radical (unpaired) electrons. The van der Waals surface area contributed by atoms with Crippen LogP contribution in [0.5, 0.6) is 0 Å². The molecule has 4 amide bonds. The summed E-state index contributed by atoms with van der Waals surface area (Å²) in [4.78, 5) is 50.1. The zero-order valence-corrected chi connectivity index (χ0v) is 26.5. The Morgan fingerprint density at radius 2 is 0.878 bits per heavy atom. The van der Waals surface area contributed by atoms with Crippen LogP contribution in [0.2, 0.25) is 0 Å². The number of nitrogens with one attached hydrogen (secondary N) is 4. The van der Waals surface area contributed by atoms with E-state index in [4.69, 9.17) is 4.42 Å². The zero-order chi connectivity index (χ0) is 34.9. The van der Waals surface area contributed by atoms with Crippen molar-refractivity contribution >= 4 is 35.0 Å². The number of hydrogen-bond acceptors (Lipinski definition) is 9. The molecule has 13 nitrogen and oxygen atoms in total. The summed E-state index contributed by atoms with van der Waals surface area (Å²) in [7, 11) is 0. The van der Waals surface area contributed by atoms with Crippen LogP contribution in [0.4, 0.5) is 11.4 Å². The van der Waals surface area contributed by atoms with Crippen LogP contribution in [0, 0.1) is 0 Å². The molecule has 49 heavy (non-hydrogen) atoms.